The van der Waals surface area contributed by atoms with Gasteiger partial charge in [0.05, 0.1) is 33.6 Å². The van der Waals surface area contributed by atoms with Crippen LogP contribution in [0.5, 0.6) is 0 Å². The Morgan fingerprint density at radius 3 is 2.39 bits per heavy atom. The first-order valence-electron chi connectivity index (χ1n) is 22.6. The smallest absolute Gasteiger partial charge is 0.264 e. The van der Waals surface area contributed by atoms with Crippen molar-refractivity contribution >= 4 is 67.8 Å². The van der Waals surface area contributed by atoms with E-state index in [1.165, 1.54) is 10.9 Å². The number of piperidine rings is 2. The van der Waals surface area contributed by atoms with E-state index in [1.54, 1.807) is 55.8 Å². The van der Waals surface area contributed by atoms with Gasteiger partial charge in [-0.05, 0) is 74.9 Å². The highest BCUT2D eigenvalue weighted by Crippen LogP contribution is 2.37. The Morgan fingerprint density at radius 2 is 1.64 bits per heavy atom. The van der Waals surface area contributed by atoms with Crippen molar-refractivity contribution in [3.8, 4) is 16.8 Å². The van der Waals surface area contributed by atoms with Crippen LogP contribution in [0.25, 0.3) is 27.8 Å². The predicted octanol–water partition coefficient (Wildman–Crippen LogP) is 6.19. The zero-order valence-electron chi connectivity index (χ0n) is 37.3. The third-order valence-electron chi connectivity index (χ3n) is 12.6. The number of carbonyl (C=O) groups excluding carboxylic acids is 5. The van der Waals surface area contributed by atoms with Gasteiger partial charge in [0, 0.05) is 81.0 Å². The molecule has 17 nitrogen and oxygen atoms in total. The zero-order valence-corrected chi connectivity index (χ0v) is 38.1. The molecular formula is C47H52F2N10O7S. The summed E-state index contributed by atoms with van der Waals surface area (Å²) < 4.78 is 60.2. The lowest BCUT2D eigenvalue weighted by atomic mass is 10.0. The average Bonchev–Trinajstić information content (AvgIpc) is 3.81. The number of fused-ring (bicyclic) bond motifs is 2. The number of sulfonamides is 1. The molecule has 5 amide bonds. The van der Waals surface area contributed by atoms with Gasteiger partial charge in [0.25, 0.3) is 11.8 Å². The van der Waals surface area contributed by atoms with Crippen molar-refractivity contribution in [3.05, 3.63) is 90.1 Å². The van der Waals surface area contributed by atoms with Crippen molar-refractivity contribution in [2.45, 2.75) is 89.6 Å². The molecule has 3 N–H and O–H groups in total. The molecule has 352 valence electrons. The van der Waals surface area contributed by atoms with Crippen LogP contribution >= 0.6 is 0 Å². The number of halogens is 2. The molecule has 8 rings (SSSR count). The van der Waals surface area contributed by atoms with Gasteiger partial charge in [-0.15, -0.1) is 0 Å². The molecule has 1 atom stereocenters. The van der Waals surface area contributed by atoms with E-state index in [2.05, 4.69) is 30.2 Å². The monoisotopic (exact) mass is 938 g/mol. The van der Waals surface area contributed by atoms with Crippen molar-refractivity contribution in [2.24, 2.45) is 0 Å². The van der Waals surface area contributed by atoms with Crippen LogP contribution in [0.4, 0.5) is 26.0 Å². The lowest BCUT2D eigenvalue weighted by Gasteiger charge is -2.37. The number of aromatic nitrogens is 4. The Labute approximate surface area is 386 Å². The SMILES string of the molecule is CCCS(=O)(=O)Nc1ccc(F)c(-n2cc(-c3cncnc3)c3nc(N(C)C4CCN(C(=O)CCCCCCCNc5cccc6c5C(=O)N(C5CCC(=O)NC5=O)C6=O)CC4)ccc32)c1F. The number of nitrogens with one attached hydrogen (secondary N) is 3. The largest absolute Gasteiger partial charge is 0.384 e. The predicted molar refractivity (Wildman–Crippen MR) is 247 cm³/mol. The van der Waals surface area contributed by atoms with Crippen LogP contribution in [0.2, 0.25) is 0 Å². The molecule has 2 fully saturated rings. The van der Waals surface area contributed by atoms with E-state index in [0.29, 0.717) is 79.0 Å². The number of imide groups is 2. The molecule has 0 radical (unpaired) electrons. The van der Waals surface area contributed by atoms with Crippen LogP contribution < -0.4 is 20.3 Å². The summed E-state index contributed by atoms with van der Waals surface area (Å²) >= 11 is 0. The van der Waals surface area contributed by atoms with E-state index < -0.39 is 57.0 Å². The maximum Gasteiger partial charge on any atom is 0.264 e. The number of benzene rings is 2. The number of pyridine rings is 1. The van der Waals surface area contributed by atoms with Crippen molar-refractivity contribution in [3.63, 3.8) is 0 Å². The molecule has 2 saturated heterocycles. The van der Waals surface area contributed by atoms with Crippen LogP contribution in [-0.4, -0.2) is 112 Å². The lowest BCUT2D eigenvalue weighted by molar-refractivity contribution is -0.136. The summed E-state index contributed by atoms with van der Waals surface area (Å²) in [4.78, 5) is 82.0. The fraction of sp³-hybridized carbons (Fsp3) is 0.404. The molecule has 2 aromatic carbocycles. The number of hydrogen-bond acceptors (Lipinski definition) is 12. The van der Waals surface area contributed by atoms with E-state index >= 15 is 8.78 Å². The molecule has 3 aromatic heterocycles. The summed E-state index contributed by atoms with van der Waals surface area (Å²) in [5.41, 5.74) is 2.06. The molecule has 5 aromatic rings. The number of amides is 5. The van der Waals surface area contributed by atoms with E-state index in [4.69, 9.17) is 4.98 Å². The third kappa shape index (κ3) is 9.84. The van der Waals surface area contributed by atoms with Gasteiger partial charge in [0.1, 0.15) is 29.7 Å². The summed E-state index contributed by atoms with van der Waals surface area (Å²) in [6.07, 6.45) is 12.7. The number of unbranched alkanes of at least 4 members (excludes halogenated alkanes) is 4. The minimum absolute atomic E-state index is 0.0543. The Hall–Kier alpha value is -6.83. The summed E-state index contributed by atoms with van der Waals surface area (Å²) in [6.45, 7) is 3.43. The maximum atomic E-state index is 16.1. The van der Waals surface area contributed by atoms with Crippen LogP contribution in [-0.2, 0) is 24.4 Å². The average molecular weight is 939 g/mol. The van der Waals surface area contributed by atoms with Crippen LogP contribution in [0.15, 0.2) is 67.4 Å². The molecule has 67 heavy (non-hydrogen) atoms. The van der Waals surface area contributed by atoms with Gasteiger partial charge in [-0.1, -0.05) is 32.3 Å². The highest BCUT2D eigenvalue weighted by atomic mass is 32.2. The standard InChI is InChI=1S/C47H52F2N10O7S/c1-3-24-67(65,66)55-35-14-13-33(48)44(42(35)49)58-27-32(29-25-50-28-51-26-29)43-36(58)15-17-38(53-43)56(2)30-19-22-57(23-20-30)40(61)12-7-5-4-6-8-21-52-34-11-9-10-31-41(34)47(64)59(46(31)63)37-16-18-39(60)54-45(37)62/h9-11,13-15,17,25-28,30,37,52,55H,3-8,12,16,18-24H2,1-2H3,(H,54,60,62). The van der Waals surface area contributed by atoms with E-state index in [0.717, 1.165) is 49.1 Å². The van der Waals surface area contributed by atoms with Gasteiger partial charge in [0.2, 0.25) is 27.7 Å². The van der Waals surface area contributed by atoms with Crippen LogP contribution in [0.3, 0.4) is 0 Å². The number of nitrogens with zero attached hydrogens (tertiary/aromatic N) is 7. The summed E-state index contributed by atoms with van der Waals surface area (Å²) in [5.74, 6) is -3.62. The Balaban J connectivity index is 0.822. The topological polar surface area (TPSA) is 209 Å². The van der Waals surface area contributed by atoms with Crippen molar-refractivity contribution in [1.82, 2.24) is 34.6 Å². The molecule has 3 aliphatic rings. The first kappa shape index (κ1) is 46.7. The zero-order chi connectivity index (χ0) is 47.4. The highest BCUT2D eigenvalue weighted by molar-refractivity contribution is 7.92. The molecule has 0 saturated carbocycles. The van der Waals surface area contributed by atoms with Gasteiger partial charge in [-0.25, -0.2) is 32.2 Å². The second kappa shape index (κ2) is 20.0. The van der Waals surface area contributed by atoms with Gasteiger partial charge in [-0.3, -0.25) is 38.9 Å². The highest BCUT2D eigenvalue weighted by Gasteiger charge is 2.45. The molecule has 20 heteroatoms. The third-order valence-corrected chi connectivity index (χ3v) is 14.1. The minimum Gasteiger partial charge on any atom is -0.384 e. The number of hydrogen-bond donors (Lipinski definition) is 3. The number of anilines is 3. The molecule has 3 aliphatic heterocycles. The maximum absolute atomic E-state index is 16.1. The van der Waals surface area contributed by atoms with Crippen molar-refractivity contribution in [1.29, 1.82) is 0 Å². The molecule has 0 spiro atoms. The first-order chi connectivity index (χ1) is 32.3. The van der Waals surface area contributed by atoms with Gasteiger partial charge in [-0.2, -0.15) is 0 Å². The Bertz CT molecular complexity index is 2840. The molecule has 0 aliphatic carbocycles. The fourth-order valence-corrected chi connectivity index (χ4v) is 10.2. The Morgan fingerprint density at radius 1 is 0.896 bits per heavy atom. The molecule has 0 bridgehead atoms. The summed E-state index contributed by atoms with van der Waals surface area (Å²) in [6, 6.07) is 9.62. The Kier molecular flexibility index (Phi) is 13.9. The molecule has 1 unspecified atom stereocenters. The first-order valence-corrected chi connectivity index (χ1v) is 24.3. The lowest BCUT2D eigenvalue weighted by Crippen LogP contribution is -2.54. The molecular weight excluding hydrogens is 887 g/mol. The van der Waals surface area contributed by atoms with Crippen molar-refractivity contribution in [2.75, 3.05) is 47.4 Å². The second-order valence-electron chi connectivity index (χ2n) is 17.1. The quantitative estimate of drug-likeness (QED) is 0.0664. The van der Waals surface area contributed by atoms with E-state index in [-0.39, 0.29) is 47.4 Å². The fourth-order valence-electron chi connectivity index (χ4n) is 9.12. The number of likely N-dealkylation sites (tertiary alicyclic amines) is 1. The minimum atomic E-state index is -3.86. The summed E-state index contributed by atoms with van der Waals surface area (Å²) in [5, 5.41) is 5.49. The van der Waals surface area contributed by atoms with Gasteiger partial charge < -0.3 is 19.7 Å². The number of carbonyl (C=O) groups is 5. The van der Waals surface area contributed by atoms with Crippen molar-refractivity contribution < 1.29 is 41.2 Å². The van der Waals surface area contributed by atoms with Gasteiger partial charge >= 0.3 is 0 Å². The summed E-state index contributed by atoms with van der Waals surface area (Å²) in [7, 11) is -1.93. The van der Waals surface area contributed by atoms with E-state index in [1.807, 2.05) is 11.9 Å². The normalized spacial score (nSPS) is 16.7. The molecule has 6 heterocycles. The van der Waals surface area contributed by atoms with Crippen LogP contribution in [0.1, 0.15) is 98.3 Å². The number of rotatable bonds is 18. The van der Waals surface area contributed by atoms with Crippen LogP contribution in [0, 0.1) is 11.6 Å². The van der Waals surface area contributed by atoms with Gasteiger partial charge in [0.15, 0.2) is 5.82 Å². The van der Waals surface area contributed by atoms with E-state index in [9.17, 15) is 32.4 Å². The second-order valence-corrected chi connectivity index (χ2v) is 18.9.